The molecule has 0 radical (unpaired) electrons. The van der Waals surface area contributed by atoms with Gasteiger partial charge in [0.15, 0.2) is 19.0 Å². The molecule has 1 aromatic heterocycles. The molecule has 0 unspecified atom stereocenters. The van der Waals surface area contributed by atoms with Crippen molar-refractivity contribution in [2.24, 2.45) is 0 Å². The molecule has 0 saturated carbocycles. The fourth-order valence-electron chi connectivity index (χ4n) is 2.09. The Bertz CT molecular complexity index is 619. The average molecular weight is 356 g/mol. The molecule has 1 aliphatic rings. The Balaban J connectivity index is 1.80. The Kier molecular flexibility index (Phi) is 6.89. The maximum absolute atomic E-state index is 12.0. The molecule has 1 aliphatic heterocycles. The van der Waals surface area contributed by atoms with E-state index >= 15 is 0 Å². The van der Waals surface area contributed by atoms with Gasteiger partial charge in [0, 0.05) is 19.2 Å². The van der Waals surface area contributed by atoms with Crippen LogP contribution in [0.5, 0.6) is 0 Å². The molecule has 1 fully saturated rings. The number of carbonyl (C=O) groups is 2. The predicted molar refractivity (Wildman–Crippen MR) is 79.2 cm³/mol. The summed E-state index contributed by atoms with van der Waals surface area (Å²) in [5.41, 5.74) is 0.341. The number of hydrogen-bond acceptors (Lipinski definition) is 6. The van der Waals surface area contributed by atoms with Crippen molar-refractivity contribution in [3.05, 3.63) is 35.0 Å². The maximum Gasteiger partial charge on any atom is 0.475 e. The summed E-state index contributed by atoms with van der Waals surface area (Å²) in [4.78, 5) is 39.8. The lowest BCUT2D eigenvalue weighted by Gasteiger charge is -2.25. The number of nitrogens with one attached hydrogen (secondary N) is 1. The van der Waals surface area contributed by atoms with Crippen molar-refractivity contribution in [2.45, 2.75) is 6.73 Å². The number of rotatable bonds is 7. The van der Waals surface area contributed by atoms with Gasteiger partial charge >= 0.3 is 11.2 Å². The SMILES string of the molecule is O=C(NCCO[N+](=O)O)c1ccc[n+](COC(=O)N2CCOCC2)c1. The molecular formula is C14H20N4O7+2. The van der Waals surface area contributed by atoms with Crippen molar-refractivity contribution in [1.82, 2.24) is 10.2 Å². The molecule has 11 heteroatoms. The number of hydrogen-bond donors (Lipinski definition) is 2. The minimum absolute atomic E-state index is 0.0317. The highest BCUT2D eigenvalue weighted by molar-refractivity contribution is 5.93. The maximum atomic E-state index is 12.0. The van der Waals surface area contributed by atoms with Crippen LogP contribution in [-0.2, 0) is 21.0 Å². The number of carbonyl (C=O) groups excluding carboxylic acids is 2. The molecule has 1 saturated heterocycles. The molecule has 11 nitrogen and oxygen atoms in total. The number of pyridine rings is 1. The summed E-state index contributed by atoms with van der Waals surface area (Å²) in [6.45, 7) is 1.79. The van der Waals surface area contributed by atoms with E-state index in [1.54, 1.807) is 27.8 Å². The third-order valence-corrected chi connectivity index (χ3v) is 3.32. The van der Waals surface area contributed by atoms with Crippen LogP contribution in [0.15, 0.2) is 24.5 Å². The minimum atomic E-state index is -0.675. The van der Waals surface area contributed by atoms with Crippen LogP contribution in [0.3, 0.4) is 0 Å². The highest BCUT2D eigenvalue weighted by atomic mass is 16.9. The van der Waals surface area contributed by atoms with Crippen LogP contribution < -0.4 is 9.88 Å². The van der Waals surface area contributed by atoms with Crippen LogP contribution in [0.1, 0.15) is 10.4 Å². The fraction of sp³-hybridized carbons (Fsp3) is 0.500. The first-order chi connectivity index (χ1) is 12.1. The number of aromatic nitrogens is 1. The molecule has 2 rings (SSSR count). The third kappa shape index (κ3) is 6.22. The van der Waals surface area contributed by atoms with E-state index in [1.807, 2.05) is 0 Å². The normalized spacial score (nSPS) is 13.8. The third-order valence-electron chi connectivity index (χ3n) is 3.32. The predicted octanol–water partition coefficient (Wildman–Crippen LogP) is -0.770. The average Bonchev–Trinajstić information content (AvgIpc) is 2.64. The van der Waals surface area contributed by atoms with Crippen LogP contribution in [0.2, 0.25) is 0 Å². The number of nitrogens with zero attached hydrogens (tertiary/aromatic N) is 3. The van der Waals surface area contributed by atoms with E-state index in [9.17, 15) is 14.5 Å². The van der Waals surface area contributed by atoms with Crippen molar-refractivity contribution in [3.8, 4) is 0 Å². The van der Waals surface area contributed by atoms with Crippen LogP contribution >= 0.6 is 0 Å². The van der Waals surface area contributed by atoms with Gasteiger partial charge in [-0.3, -0.25) is 4.79 Å². The summed E-state index contributed by atoms with van der Waals surface area (Å²) in [5, 5.41) is 10.1. The van der Waals surface area contributed by atoms with Crippen LogP contribution in [0.25, 0.3) is 0 Å². The van der Waals surface area contributed by atoms with Gasteiger partial charge in [-0.05, 0) is 6.07 Å². The van der Waals surface area contributed by atoms with Gasteiger partial charge in [-0.15, -0.1) is 0 Å². The second-order valence-corrected chi connectivity index (χ2v) is 5.07. The monoisotopic (exact) mass is 356 g/mol. The van der Waals surface area contributed by atoms with Gasteiger partial charge in [0.2, 0.25) is 0 Å². The standard InChI is InChI=1S/C14H19N4O7/c19-13(15-3-7-25-18(21)22)12-2-1-4-16(10-12)11-24-14(20)17-5-8-23-9-6-17/h1-2,4,10H,3,5-9,11H2,(H-,15,19,21,22)/q+1/p+1. The topological polar surface area (TPSA) is 121 Å². The van der Waals surface area contributed by atoms with Crippen LogP contribution in [-0.4, -0.2) is 66.6 Å². The van der Waals surface area contributed by atoms with E-state index in [0.717, 1.165) is 0 Å². The van der Waals surface area contributed by atoms with Gasteiger partial charge in [0.05, 0.1) is 19.8 Å². The lowest BCUT2D eigenvalue weighted by molar-refractivity contribution is -0.975. The molecule has 0 atom stereocenters. The molecule has 0 spiro atoms. The molecule has 0 bridgehead atoms. The number of amides is 2. The fourth-order valence-corrected chi connectivity index (χ4v) is 2.09. The van der Waals surface area contributed by atoms with Gasteiger partial charge in [0.1, 0.15) is 10.5 Å². The second-order valence-electron chi connectivity index (χ2n) is 5.07. The Morgan fingerprint density at radius 1 is 1.40 bits per heavy atom. The summed E-state index contributed by atoms with van der Waals surface area (Å²) in [5.74, 6) is -0.396. The van der Waals surface area contributed by atoms with E-state index in [2.05, 4.69) is 10.2 Å². The summed E-state index contributed by atoms with van der Waals surface area (Å²) in [7, 11) is 0. The Labute approximate surface area is 143 Å². The molecule has 2 N–H and O–H groups in total. The van der Waals surface area contributed by atoms with Crippen LogP contribution in [0.4, 0.5) is 4.79 Å². The first kappa shape index (κ1) is 18.4. The highest BCUT2D eigenvalue weighted by Crippen LogP contribution is 2.00. The summed E-state index contributed by atoms with van der Waals surface area (Å²) >= 11 is 0. The smallest absolute Gasteiger partial charge is 0.388 e. The quantitative estimate of drug-likeness (QED) is 0.374. The highest BCUT2D eigenvalue weighted by Gasteiger charge is 2.19. The van der Waals surface area contributed by atoms with Gasteiger partial charge in [-0.25, -0.2) is 10.0 Å². The van der Waals surface area contributed by atoms with Gasteiger partial charge < -0.3 is 19.7 Å². The molecule has 2 heterocycles. The van der Waals surface area contributed by atoms with Gasteiger partial charge in [0.25, 0.3) is 12.6 Å². The van der Waals surface area contributed by atoms with Crippen molar-refractivity contribution < 1.29 is 38.8 Å². The first-order valence-corrected chi connectivity index (χ1v) is 7.62. The molecular weight excluding hydrogens is 336 g/mol. The zero-order chi connectivity index (χ0) is 18.1. The number of morpholine rings is 1. The molecule has 1 aromatic rings. The van der Waals surface area contributed by atoms with Crippen molar-refractivity contribution in [2.75, 3.05) is 39.5 Å². The lowest BCUT2D eigenvalue weighted by atomic mass is 10.2. The van der Waals surface area contributed by atoms with E-state index in [4.69, 9.17) is 14.7 Å². The lowest BCUT2D eigenvalue weighted by Crippen LogP contribution is -2.44. The molecule has 2 amide bonds. The summed E-state index contributed by atoms with van der Waals surface area (Å²) < 4.78 is 11.9. The Hall–Kier alpha value is -2.95. The van der Waals surface area contributed by atoms with Crippen molar-refractivity contribution in [1.29, 1.82) is 0 Å². The second kappa shape index (κ2) is 9.37. The van der Waals surface area contributed by atoms with E-state index in [1.165, 1.54) is 6.20 Å². The van der Waals surface area contributed by atoms with E-state index < -0.39 is 17.1 Å². The molecule has 0 aliphatic carbocycles. The van der Waals surface area contributed by atoms with Crippen LogP contribution in [0, 0.1) is 4.91 Å². The summed E-state index contributed by atoms with van der Waals surface area (Å²) in [6.07, 6.45) is 2.75. The zero-order valence-corrected chi connectivity index (χ0v) is 13.5. The first-order valence-electron chi connectivity index (χ1n) is 7.62. The summed E-state index contributed by atoms with van der Waals surface area (Å²) in [6, 6.07) is 3.23. The molecule has 25 heavy (non-hydrogen) atoms. The largest absolute Gasteiger partial charge is 0.475 e. The minimum Gasteiger partial charge on any atom is -0.388 e. The van der Waals surface area contributed by atoms with Crippen molar-refractivity contribution in [3.63, 3.8) is 0 Å². The van der Waals surface area contributed by atoms with Gasteiger partial charge in [-0.2, -0.15) is 9.40 Å². The number of ether oxygens (including phenoxy) is 2. The van der Waals surface area contributed by atoms with E-state index in [-0.39, 0.29) is 19.9 Å². The zero-order valence-electron chi connectivity index (χ0n) is 13.5. The molecule has 136 valence electrons. The van der Waals surface area contributed by atoms with E-state index in [0.29, 0.717) is 31.9 Å². The Morgan fingerprint density at radius 2 is 2.16 bits per heavy atom. The molecule has 0 aromatic carbocycles. The Morgan fingerprint density at radius 3 is 2.88 bits per heavy atom. The van der Waals surface area contributed by atoms with Crippen molar-refractivity contribution >= 4 is 12.0 Å². The van der Waals surface area contributed by atoms with Gasteiger partial charge in [-0.1, -0.05) is 0 Å².